The molecule has 3 N–H and O–H groups in total. The van der Waals surface area contributed by atoms with Crippen molar-refractivity contribution < 1.29 is 43.7 Å². The van der Waals surface area contributed by atoms with Gasteiger partial charge in [-0.3, -0.25) is 28.8 Å². The summed E-state index contributed by atoms with van der Waals surface area (Å²) in [6, 6.07) is -1.10. The lowest BCUT2D eigenvalue weighted by atomic mass is 9.46. The number of nitrogens with one attached hydrogen (secondary N) is 1. The number of fused-ring (bicyclic) bond motifs is 5. The van der Waals surface area contributed by atoms with Gasteiger partial charge in [0.05, 0.1) is 6.42 Å². The molecule has 0 radical (unpaired) electrons. The predicted molar refractivity (Wildman–Crippen MR) is 132 cm³/mol. The number of aliphatic carboxylic acids is 1. The number of esters is 1. The van der Waals surface area contributed by atoms with Gasteiger partial charge in [-0.1, -0.05) is 19.4 Å². The Hall–Kier alpha value is -2.88. The minimum atomic E-state index is -1.81. The molecule has 7 atom stereocenters. The third-order valence-corrected chi connectivity index (χ3v) is 9.94. The summed E-state index contributed by atoms with van der Waals surface area (Å²) in [4.78, 5) is 73.7. The standard InChI is InChI=1S/C28H37NO9/c1-15(25(35)36)29-22(33)6-7-23(34)38-14-21(32)28(37)11-9-19-18-5-4-16-12-17(30)8-10-26(16,2)24(18)20(31)13-27(19,28)3/h12,15,18-19,24,37H,4-11,13-14H2,1-3H3,(H,29,33)(H,35,36)/t15-,18+,19+,24-,26+,27+,28+/m1/s1. The van der Waals surface area contributed by atoms with E-state index in [0.29, 0.717) is 19.3 Å². The van der Waals surface area contributed by atoms with Crippen LogP contribution < -0.4 is 5.32 Å². The SMILES string of the molecule is C[C@@H](NC(=O)CCC(=O)OCC(=O)[C@@]1(O)CC[C@H]2[C@@H]3CCC4=CC(=O)CC[C@]4(C)[C@H]3C(=O)C[C@@]21C)C(=O)O. The van der Waals surface area contributed by atoms with Gasteiger partial charge >= 0.3 is 11.9 Å². The van der Waals surface area contributed by atoms with Crippen molar-refractivity contribution in [1.29, 1.82) is 0 Å². The van der Waals surface area contributed by atoms with Gasteiger partial charge < -0.3 is 20.3 Å². The molecule has 0 unspecified atom stereocenters. The van der Waals surface area contributed by atoms with Crippen molar-refractivity contribution >= 4 is 35.2 Å². The summed E-state index contributed by atoms with van der Waals surface area (Å²) < 4.78 is 5.07. The molecule has 10 nitrogen and oxygen atoms in total. The van der Waals surface area contributed by atoms with Gasteiger partial charge in [0.15, 0.2) is 12.4 Å². The van der Waals surface area contributed by atoms with Crippen LogP contribution in [-0.4, -0.2) is 63.7 Å². The molecule has 0 aromatic carbocycles. The average Bonchev–Trinajstić information content (AvgIpc) is 3.12. The smallest absolute Gasteiger partial charge is 0.325 e. The molecule has 4 aliphatic carbocycles. The molecular formula is C28H37NO9. The highest BCUT2D eigenvalue weighted by Gasteiger charge is 2.68. The molecule has 0 aromatic rings. The number of aliphatic hydroxyl groups is 1. The summed E-state index contributed by atoms with van der Waals surface area (Å²) in [7, 11) is 0. The Balaban J connectivity index is 1.40. The average molecular weight is 532 g/mol. The third-order valence-electron chi connectivity index (χ3n) is 9.94. The fourth-order valence-electron chi connectivity index (χ4n) is 7.77. The Morgan fingerprint density at radius 2 is 1.82 bits per heavy atom. The zero-order valence-corrected chi connectivity index (χ0v) is 22.2. The molecule has 208 valence electrons. The maximum atomic E-state index is 13.7. The lowest BCUT2D eigenvalue weighted by molar-refractivity contribution is -0.173. The zero-order chi connectivity index (χ0) is 28.0. The van der Waals surface area contributed by atoms with Gasteiger partial charge in [-0.25, -0.2) is 0 Å². The van der Waals surface area contributed by atoms with Crippen LogP contribution in [0.1, 0.15) is 78.6 Å². The monoisotopic (exact) mass is 531 g/mol. The van der Waals surface area contributed by atoms with Crippen molar-refractivity contribution in [3.63, 3.8) is 0 Å². The van der Waals surface area contributed by atoms with Crippen LogP contribution in [0.3, 0.4) is 0 Å². The second-order valence-electron chi connectivity index (χ2n) is 12.0. The van der Waals surface area contributed by atoms with E-state index in [4.69, 9.17) is 9.84 Å². The number of rotatable bonds is 8. The number of ketones is 3. The van der Waals surface area contributed by atoms with Crippen LogP contribution in [0.4, 0.5) is 0 Å². The van der Waals surface area contributed by atoms with E-state index in [1.54, 1.807) is 13.0 Å². The Morgan fingerprint density at radius 1 is 1.11 bits per heavy atom. The van der Waals surface area contributed by atoms with Crippen molar-refractivity contribution in [3.8, 4) is 0 Å². The highest BCUT2D eigenvalue weighted by molar-refractivity contribution is 5.95. The molecule has 0 bridgehead atoms. The van der Waals surface area contributed by atoms with Crippen LogP contribution in [-0.2, 0) is 33.5 Å². The fourth-order valence-corrected chi connectivity index (χ4v) is 7.77. The molecule has 1 amide bonds. The number of carbonyl (C=O) groups excluding carboxylic acids is 5. The van der Waals surface area contributed by atoms with Crippen LogP contribution >= 0.6 is 0 Å². The largest absolute Gasteiger partial charge is 0.480 e. The number of amides is 1. The number of hydrogen-bond acceptors (Lipinski definition) is 8. The molecule has 0 aromatic heterocycles. The lowest BCUT2D eigenvalue weighted by Crippen LogP contribution is -2.61. The first kappa shape index (κ1) is 28.1. The number of carboxylic acid groups (broad SMARTS) is 1. The van der Waals surface area contributed by atoms with E-state index in [1.165, 1.54) is 6.92 Å². The molecule has 4 rings (SSSR count). The summed E-state index contributed by atoms with van der Waals surface area (Å²) in [6.07, 6.45) is 4.40. The zero-order valence-electron chi connectivity index (χ0n) is 22.2. The first-order chi connectivity index (χ1) is 17.7. The first-order valence-corrected chi connectivity index (χ1v) is 13.4. The van der Waals surface area contributed by atoms with Gasteiger partial charge in [0.1, 0.15) is 17.4 Å². The van der Waals surface area contributed by atoms with Crippen molar-refractivity contribution in [2.75, 3.05) is 6.61 Å². The number of ether oxygens (including phenoxy) is 1. The molecule has 0 aliphatic heterocycles. The molecule has 3 saturated carbocycles. The molecule has 3 fully saturated rings. The van der Waals surface area contributed by atoms with Crippen LogP contribution in [0.25, 0.3) is 0 Å². The van der Waals surface area contributed by atoms with E-state index < -0.39 is 47.3 Å². The van der Waals surface area contributed by atoms with Crippen LogP contribution in [0, 0.1) is 28.6 Å². The number of hydrogen-bond donors (Lipinski definition) is 3. The minimum Gasteiger partial charge on any atom is -0.480 e. The summed E-state index contributed by atoms with van der Waals surface area (Å²) in [5, 5.41) is 22.7. The van der Waals surface area contributed by atoms with Crippen LogP contribution in [0.2, 0.25) is 0 Å². The maximum absolute atomic E-state index is 13.7. The summed E-state index contributed by atoms with van der Waals surface area (Å²) in [5.74, 6) is -3.47. The second kappa shape index (κ2) is 10.0. The Bertz CT molecular complexity index is 1110. The molecule has 4 aliphatic rings. The van der Waals surface area contributed by atoms with Crippen molar-refractivity contribution in [2.45, 2.75) is 90.2 Å². The summed E-state index contributed by atoms with van der Waals surface area (Å²) in [5.41, 5.74) is -2.12. The predicted octanol–water partition coefficient (Wildman–Crippen LogP) is 1.91. The van der Waals surface area contributed by atoms with E-state index in [2.05, 4.69) is 12.2 Å². The first-order valence-electron chi connectivity index (χ1n) is 13.4. The molecule has 0 heterocycles. The van der Waals surface area contributed by atoms with Gasteiger partial charge in [-0.05, 0) is 62.4 Å². The Morgan fingerprint density at radius 3 is 2.50 bits per heavy atom. The minimum absolute atomic E-state index is 0.00711. The van der Waals surface area contributed by atoms with E-state index >= 15 is 0 Å². The Kier molecular flexibility index (Phi) is 7.42. The summed E-state index contributed by atoms with van der Waals surface area (Å²) in [6.45, 7) is 4.51. The maximum Gasteiger partial charge on any atom is 0.325 e. The number of allylic oxidation sites excluding steroid dienone is 1. The molecule has 38 heavy (non-hydrogen) atoms. The topological polar surface area (TPSA) is 164 Å². The van der Waals surface area contributed by atoms with Gasteiger partial charge in [-0.15, -0.1) is 0 Å². The molecular weight excluding hydrogens is 494 g/mol. The van der Waals surface area contributed by atoms with Crippen LogP contribution in [0.15, 0.2) is 11.6 Å². The fraction of sp³-hybridized carbons (Fsp3) is 0.714. The molecule has 10 heteroatoms. The number of Topliss-reactive ketones (excluding diaryl/α,β-unsaturated/α-hetero) is 2. The van der Waals surface area contributed by atoms with E-state index in [-0.39, 0.29) is 60.4 Å². The van der Waals surface area contributed by atoms with Gasteiger partial charge in [-0.2, -0.15) is 0 Å². The number of carbonyl (C=O) groups is 6. The van der Waals surface area contributed by atoms with Crippen LogP contribution in [0.5, 0.6) is 0 Å². The van der Waals surface area contributed by atoms with Crippen molar-refractivity contribution in [1.82, 2.24) is 5.32 Å². The number of carboxylic acids is 1. The molecule has 0 spiro atoms. The van der Waals surface area contributed by atoms with Gasteiger partial charge in [0.25, 0.3) is 0 Å². The molecule has 0 saturated heterocycles. The second-order valence-corrected chi connectivity index (χ2v) is 12.0. The van der Waals surface area contributed by atoms with Crippen molar-refractivity contribution in [3.05, 3.63) is 11.6 Å². The van der Waals surface area contributed by atoms with E-state index in [9.17, 15) is 33.9 Å². The summed E-state index contributed by atoms with van der Waals surface area (Å²) >= 11 is 0. The van der Waals surface area contributed by atoms with Gasteiger partial charge in [0.2, 0.25) is 11.7 Å². The normalized spacial score (nSPS) is 36.7. The highest BCUT2D eigenvalue weighted by atomic mass is 16.5. The quantitative estimate of drug-likeness (QED) is 0.397. The van der Waals surface area contributed by atoms with Gasteiger partial charge in [0, 0.05) is 30.6 Å². The third kappa shape index (κ3) is 4.61. The lowest BCUT2D eigenvalue weighted by Gasteiger charge is -2.57. The van der Waals surface area contributed by atoms with E-state index in [1.807, 2.05) is 0 Å². The van der Waals surface area contributed by atoms with E-state index in [0.717, 1.165) is 18.4 Å². The Labute approximate surface area is 221 Å². The highest BCUT2D eigenvalue weighted by Crippen LogP contribution is 2.66. The van der Waals surface area contributed by atoms with Crippen molar-refractivity contribution in [2.24, 2.45) is 28.6 Å².